The molecule has 19 heavy (non-hydrogen) atoms. The first kappa shape index (κ1) is 13.2. The van der Waals surface area contributed by atoms with Crippen LogP contribution in [-0.4, -0.2) is 16.7 Å². The smallest absolute Gasteiger partial charge is 0.275 e. The number of fused-ring (bicyclic) bond motifs is 1. The van der Waals surface area contributed by atoms with Crippen LogP contribution in [0, 0.1) is 10.8 Å². The van der Waals surface area contributed by atoms with Gasteiger partial charge in [-0.2, -0.15) is 0 Å². The molecule has 1 aromatic carbocycles. The zero-order valence-electron chi connectivity index (χ0n) is 11.3. The molecule has 98 valence electrons. The molecule has 4 nitrogen and oxygen atoms in total. The van der Waals surface area contributed by atoms with Gasteiger partial charge in [0.05, 0.1) is 5.52 Å². The van der Waals surface area contributed by atoms with Gasteiger partial charge in [0.2, 0.25) is 0 Å². The Morgan fingerprint density at radius 3 is 2.53 bits per heavy atom. The molecule has 0 atom stereocenters. The molecule has 0 fully saturated rings. The fraction of sp³-hybridized carbons (Fsp3) is 0.267. The molecule has 1 heterocycles. The van der Waals surface area contributed by atoms with Gasteiger partial charge in [-0.15, -0.1) is 0 Å². The van der Waals surface area contributed by atoms with Crippen LogP contribution >= 0.6 is 0 Å². The highest BCUT2D eigenvalue weighted by Crippen LogP contribution is 2.14. The van der Waals surface area contributed by atoms with E-state index in [2.05, 4.69) is 10.3 Å². The topological polar surface area (TPSA) is 65.8 Å². The van der Waals surface area contributed by atoms with Crippen molar-refractivity contribution >= 4 is 22.6 Å². The van der Waals surface area contributed by atoms with Crippen LogP contribution in [0.25, 0.3) is 10.9 Å². The number of carbonyl (C=O) groups is 1. The van der Waals surface area contributed by atoms with Crippen molar-refractivity contribution in [1.82, 2.24) is 10.3 Å². The first-order valence-electron chi connectivity index (χ1n) is 6.14. The second-order valence-corrected chi connectivity index (χ2v) is 5.47. The molecule has 1 amide bonds. The summed E-state index contributed by atoms with van der Waals surface area (Å²) >= 11 is 0. The van der Waals surface area contributed by atoms with Crippen LogP contribution in [0.4, 0.5) is 0 Å². The second-order valence-electron chi connectivity index (χ2n) is 5.47. The molecule has 0 aliphatic carbocycles. The van der Waals surface area contributed by atoms with Crippen molar-refractivity contribution < 1.29 is 4.79 Å². The Balaban J connectivity index is 2.25. The molecule has 0 aliphatic rings. The third kappa shape index (κ3) is 2.96. The van der Waals surface area contributed by atoms with E-state index >= 15 is 0 Å². The van der Waals surface area contributed by atoms with Gasteiger partial charge in [-0.1, -0.05) is 45.0 Å². The average Bonchev–Trinajstić information content (AvgIpc) is 2.37. The molecule has 2 aromatic rings. The number of carbonyl (C=O) groups excluding carboxylic acids is 1. The number of rotatable bonds is 1. The van der Waals surface area contributed by atoms with Crippen molar-refractivity contribution in [3.8, 4) is 0 Å². The number of nitrogens with zero attached hydrogens (tertiary/aromatic N) is 1. The van der Waals surface area contributed by atoms with Crippen molar-refractivity contribution in [3.05, 3.63) is 42.1 Å². The molecule has 0 unspecified atom stereocenters. The first-order chi connectivity index (χ1) is 8.88. The van der Waals surface area contributed by atoms with Gasteiger partial charge in [0.25, 0.3) is 5.91 Å². The maximum atomic E-state index is 12.0. The Kier molecular flexibility index (Phi) is 3.34. The van der Waals surface area contributed by atoms with E-state index in [1.165, 1.54) is 0 Å². The summed E-state index contributed by atoms with van der Waals surface area (Å²) in [5.41, 5.74) is 0.720. The van der Waals surface area contributed by atoms with Gasteiger partial charge in [-0.25, -0.2) is 4.98 Å². The average molecular weight is 255 g/mol. The summed E-state index contributed by atoms with van der Waals surface area (Å²) in [6, 6.07) is 11.2. The Morgan fingerprint density at radius 2 is 1.84 bits per heavy atom. The van der Waals surface area contributed by atoms with Crippen LogP contribution in [-0.2, 0) is 0 Å². The Bertz CT molecular complexity index is 641. The molecule has 0 radical (unpaired) electrons. The van der Waals surface area contributed by atoms with E-state index < -0.39 is 0 Å². The van der Waals surface area contributed by atoms with Crippen molar-refractivity contribution in [3.63, 3.8) is 0 Å². The minimum atomic E-state index is -0.382. The first-order valence-corrected chi connectivity index (χ1v) is 6.14. The monoisotopic (exact) mass is 255 g/mol. The van der Waals surface area contributed by atoms with Crippen LogP contribution in [0.5, 0.6) is 0 Å². The third-order valence-corrected chi connectivity index (χ3v) is 2.82. The molecule has 0 spiro atoms. The van der Waals surface area contributed by atoms with Gasteiger partial charge >= 0.3 is 0 Å². The minimum Gasteiger partial charge on any atom is -0.309 e. The van der Waals surface area contributed by atoms with Gasteiger partial charge in [0, 0.05) is 10.8 Å². The summed E-state index contributed by atoms with van der Waals surface area (Å²) in [7, 11) is 0. The van der Waals surface area contributed by atoms with Crippen molar-refractivity contribution in [2.45, 2.75) is 20.8 Å². The maximum Gasteiger partial charge on any atom is 0.275 e. The molecule has 0 saturated carbocycles. The molecule has 0 aliphatic heterocycles. The maximum absolute atomic E-state index is 12.0. The highest BCUT2D eigenvalue weighted by Gasteiger charge is 2.20. The number of amides is 1. The molecule has 0 bridgehead atoms. The van der Waals surface area contributed by atoms with Crippen LogP contribution < -0.4 is 5.32 Å². The standard InChI is InChI=1S/C15H17N3O/c1-15(2,3)14(16)18-13(19)12-9-8-10-6-4-5-7-11(10)17-12/h4-9H,1-3H3,(H2,16,18,19). The van der Waals surface area contributed by atoms with E-state index in [1.54, 1.807) is 6.07 Å². The van der Waals surface area contributed by atoms with E-state index in [-0.39, 0.29) is 17.2 Å². The number of benzene rings is 1. The number of amidine groups is 1. The number of hydrogen-bond donors (Lipinski definition) is 2. The van der Waals surface area contributed by atoms with E-state index in [4.69, 9.17) is 5.41 Å². The fourth-order valence-corrected chi connectivity index (χ4v) is 1.56. The van der Waals surface area contributed by atoms with Crippen molar-refractivity contribution in [2.24, 2.45) is 5.41 Å². The van der Waals surface area contributed by atoms with Gasteiger partial charge in [-0.05, 0) is 12.1 Å². The molecular weight excluding hydrogens is 238 g/mol. The largest absolute Gasteiger partial charge is 0.309 e. The van der Waals surface area contributed by atoms with E-state index in [0.29, 0.717) is 5.69 Å². The number of pyridine rings is 1. The Labute approximate surface area is 112 Å². The lowest BCUT2D eigenvalue weighted by molar-refractivity contribution is 0.0969. The number of aromatic nitrogens is 1. The van der Waals surface area contributed by atoms with Crippen LogP contribution in [0.3, 0.4) is 0 Å². The van der Waals surface area contributed by atoms with E-state index in [0.717, 1.165) is 10.9 Å². The molecular formula is C15H17N3O. The Morgan fingerprint density at radius 1 is 1.16 bits per heavy atom. The van der Waals surface area contributed by atoms with Gasteiger partial charge in [-0.3, -0.25) is 10.2 Å². The van der Waals surface area contributed by atoms with Crippen LogP contribution in [0.1, 0.15) is 31.3 Å². The van der Waals surface area contributed by atoms with Gasteiger partial charge in [0.15, 0.2) is 0 Å². The van der Waals surface area contributed by atoms with E-state index in [9.17, 15) is 4.79 Å². The van der Waals surface area contributed by atoms with Crippen LogP contribution in [0.15, 0.2) is 36.4 Å². The highest BCUT2D eigenvalue weighted by atomic mass is 16.1. The van der Waals surface area contributed by atoms with Gasteiger partial charge in [0.1, 0.15) is 11.5 Å². The lowest BCUT2D eigenvalue weighted by Crippen LogP contribution is -2.38. The number of para-hydroxylation sites is 1. The molecule has 2 N–H and O–H groups in total. The summed E-state index contributed by atoms with van der Waals surface area (Å²) in [5.74, 6) is -0.155. The minimum absolute atomic E-state index is 0.187. The zero-order chi connectivity index (χ0) is 14.0. The highest BCUT2D eigenvalue weighted by molar-refractivity contribution is 6.06. The molecule has 0 saturated heterocycles. The molecule has 2 rings (SSSR count). The quantitative estimate of drug-likeness (QED) is 0.607. The lowest BCUT2D eigenvalue weighted by Gasteiger charge is -2.19. The summed E-state index contributed by atoms with van der Waals surface area (Å²) in [4.78, 5) is 16.3. The van der Waals surface area contributed by atoms with Crippen molar-refractivity contribution in [1.29, 1.82) is 5.41 Å². The van der Waals surface area contributed by atoms with E-state index in [1.807, 2.05) is 51.1 Å². The van der Waals surface area contributed by atoms with Crippen molar-refractivity contribution in [2.75, 3.05) is 0 Å². The predicted octanol–water partition coefficient (Wildman–Crippen LogP) is 2.99. The second kappa shape index (κ2) is 4.80. The van der Waals surface area contributed by atoms with Gasteiger partial charge < -0.3 is 5.32 Å². The fourth-order valence-electron chi connectivity index (χ4n) is 1.56. The summed E-state index contributed by atoms with van der Waals surface area (Å²) < 4.78 is 0. The number of hydrogen-bond acceptors (Lipinski definition) is 3. The zero-order valence-corrected chi connectivity index (χ0v) is 11.3. The summed E-state index contributed by atoms with van der Waals surface area (Å²) in [6.45, 7) is 5.64. The normalized spacial score (nSPS) is 11.3. The summed E-state index contributed by atoms with van der Waals surface area (Å²) in [5, 5.41) is 11.4. The SMILES string of the molecule is CC(C)(C)C(=N)NC(=O)c1ccc2ccccc2n1. The predicted molar refractivity (Wildman–Crippen MR) is 76.4 cm³/mol. The third-order valence-electron chi connectivity index (χ3n) is 2.82. The molecule has 1 aromatic heterocycles. The Hall–Kier alpha value is -2.23. The van der Waals surface area contributed by atoms with Crippen LogP contribution in [0.2, 0.25) is 0 Å². The molecule has 4 heteroatoms. The summed E-state index contributed by atoms with van der Waals surface area (Å²) in [6.07, 6.45) is 0. The lowest BCUT2D eigenvalue weighted by atomic mass is 9.95. The number of nitrogens with one attached hydrogen (secondary N) is 2.